The van der Waals surface area contributed by atoms with Gasteiger partial charge in [-0.15, -0.1) is 11.3 Å². The number of thiazole rings is 1. The number of aliphatic carboxylic acids is 1. The number of halogens is 1. The summed E-state index contributed by atoms with van der Waals surface area (Å²) in [7, 11) is 0. The van der Waals surface area contributed by atoms with Crippen molar-refractivity contribution in [1.82, 2.24) is 4.98 Å². The van der Waals surface area contributed by atoms with Gasteiger partial charge in [0.1, 0.15) is 5.41 Å². The van der Waals surface area contributed by atoms with Gasteiger partial charge in [-0.25, -0.2) is 4.98 Å². The molecule has 1 aromatic heterocycles. The molecule has 2 aliphatic rings. The van der Waals surface area contributed by atoms with Crippen LogP contribution in [-0.4, -0.2) is 22.0 Å². The molecular formula is C19H19BrN2O3S. The molecule has 1 heterocycles. The van der Waals surface area contributed by atoms with E-state index in [2.05, 4.69) is 26.2 Å². The van der Waals surface area contributed by atoms with Crippen molar-refractivity contribution in [3.8, 4) is 0 Å². The first-order valence-electron chi connectivity index (χ1n) is 8.65. The molecule has 0 unspecified atom stereocenters. The molecule has 2 saturated carbocycles. The van der Waals surface area contributed by atoms with E-state index in [4.69, 9.17) is 0 Å². The lowest BCUT2D eigenvalue weighted by Crippen LogP contribution is -2.59. The normalized spacial score (nSPS) is 19.4. The molecule has 5 nitrogen and oxygen atoms in total. The molecule has 2 N–H and O–H groups in total. The van der Waals surface area contributed by atoms with Crippen LogP contribution in [0.3, 0.4) is 0 Å². The maximum Gasteiger partial charge on any atom is 0.319 e. The number of benzene rings is 1. The van der Waals surface area contributed by atoms with Crippen LogP contribution in [0.5, 0.6) is 0 Å². The van der Waals surface area contributed by atoms with Crippen LogP contribution in [0, 0.1) is 10.8 Å². The predicted molar refractivity (Wildman–Crippen MR) is 103 cm³/mol. The van der Waals surface area contributed by atoms with Crippen LogP contribution in [0.15, 0.2) is 34.9 Å². The molecule has 0 bridgehead atoms. The van der Waals surface area contributed by atoms with Gasteiger partial charge in [0.2, 0.25) is 5.91 Å². The Morgan fingerprint density at radius 2 is 1.92 bits per heavy atom. The first-order valence-corrected chi connectivity index (χ1v) is 10.3. The van der Waals surface area contributed by atoms with E-state index in [-0.39, 0.29) is 5.41 Å². The van der Waals surface area contributed by atoms with Crippen molar-refractivity contribution in [3.63, 3.8) is 0 Å². The molecule has 1 aromatic carbocycles. The lowest BCUT2D eigenvalue weighted by atomic mass is 9.45. The van der Waals surface area contributed by atoms with Gasteiger partial charge in [0, 0.05) is 22.0 Å². The summed E-state index contributed by atoms with van der Waals surface area (Å²) in [6.07, 6.45) is 6.62. The Kier molecular flexibility index (Phi) is 4.39. The number of carboxylic acids is 1. The van der Waals surface area contributed by atoms with E-state index in [1.165, 1.54) is 11.3 Å². The third-order valence-electron chi connectivity index (χ3n) is 5.68. The van der Waals surface area contributed by atoms with Crippen LogP contribution < -0.4 is 5.32 Å². The monoisotopic (exact) mass is 434 g/mol. The summed E-state index contributed by atoms with van der Waals surface area (Å²) in [4.78, 5) is 29.7. The van der Waals surface area contributed by atoms with E-state index in [1.54, 1.807) is 6.20 Å². The Bertz CT molecular complexity index is 850. The number of amides is 1. The number of carboxylic acid groups (broad SMARTS) is 1. The Hall–Kier alpha value is -1.73. The van der Waals surface area contributed by atoms with E-state index >= 15 is 0 Å². The van der Waals surface area contributed by atoms with E-state index < -0.39 is 17.3 Å². The second kappa shape index (κ2) is 6.46. The second-order valence-electron chi connectivity index (χ2n) is 7.48. The molecular weight excluding hydrogens is 416 g/mol. The molecule has 7 heteroatoms. The predicted octanol–water partition coefficient (Wildman–Crippen LogP) is 4.47. The Morgan fingerprint density at radius 3 is 2.50 bits per heavy atom. The van der Waals surface area contributed by atoms with Crippen LogP contribution in [0.1, 0.15) is 42.5 Å². The quantitative estimate of drug-likeness (QED) is 0.680. The first-order chi connectivity index (χ1) is 12.4. The van der Waals surface area contributed by atoms with Crippen LogP contribution in [-0.2, 0) is 16.0 Å². The highest BCUT2D eigenvalue weighted by atomic mass is 79.9. The number of rotatable bonds is 5. The lowest BCUT2D eigenvalue weighted by molar-refractivity contribution is -0.178. The van der Waals surface area contributed by atoms with Gasteiger partial charge in [0.25, 0.3) is 0 Å². The van der Waals surface area contributed by atoms with Gasteiger partial charge in [-0.05, 0) is 48.8 Å². The second-order valence-corrected chi connectivity index (χ2v) is 9.51. The van der Waals surface area contributed by atoms with E-state index in [0.717, 1.165) is 40.6 Å². The molecule has 0 aliphatic heterocycles. The van der Waals surface area contributed by atoms with Gasteiger partial charge in [-0.3, -0.25) is 9.59 Å². The molecule has 0 radical (unpaired) electrons. The van der Waals surface area contributed by atoms with Crippen molar-refractivity contribution in [1.29, 1.82) is 0 Å². The van der Waals surface area contributed by atoms with Crippen LogP contribution in [0.25, 0.3) is 0 Å². The maximum absolute atomic E-state index is 12.7. The zero-order valence-electron chi connectivity index (χ0n) is 14.1. The minimum Gasteiger partial charge on any atom is -0.480 e. The topological polar surface area (TPSA) is 79.3 Å². The average molecular weight is 435 g/mol. The molecule has 2 aliphatic carbocycles. The van der Waals surface area contributed by atoms with Crippen LogP contribution in [0.2, 0.25) is 0 Å². The van der Waals surface area contributed by atoms with Crippen molar-refractivity contribution in [3.05, 3.63) is 45.4 Å². The zero-order valence-corrected chi connectivity index (χ0v) is 16.5. The van der Waals surface area contributed by atoms with Gasteiger partial charge in [0.05, 0.1) is 0 Å². The highest BCUT2D eigenvalue weighted by Crippen LogP contribution is 2.64. The summed E-state index contributed by atoms with van der Waals surface area (Å²) in [5.41, 5.74) is -0.0220. The Balaban J connectivity index is 1.42. The summed E-state index contributed by atoms with van der Waals surface area (Å²) >= 11 is 4.81. The number of carbonyl (C=O) groups excluding carboxylic acids is 1. The summed E-state index contributed by atoms with van der Waals surface area (Å²) in [6.45, 7) is 0. The van der Waals surface area contributed by atoms with Gasteiger partial charge >= 0.3 is 5.97 Å². The Morgan fingerprint density at radius 1 is 1.23 bits per heavy atom. The number of nitrogens with one attached hydrogen (secondary N) is 1. The summed E-state index contributed by atoms with van der Waals surface area (Å²) in [5, 5.41) is 12.8. The van der Waals surface area contributed by atoms with Crippen molar-refractivity contribution in [2.75, 3.05) is 5.32 Å². The molecule has 26 heavy (non-hydrogen) atoms. The molecule has 2 aromatic rings. The van der Waals surface area contributed by atoms with Crippen molar-refractivity contribution in [2.45, 2.75) is 38.5 Å². The Labute approximate surface area is 164 Å². The van der Waals surface area contributed by atoms with E-state index in [0.29, 0.717) is 18.0 Å². The molecule has 4 rings (SSSR count). The molecule has 0 atom stereocenters. The number of carbonyl (C=O) groups is 2. The van der Waals surface area contributed by atoms with E-state index in [9.17, 15) is 14.7 Å². The van der Waals surface area contributed by atoms with Crippen molar-refractivity contribution < 1.29 is 14.7 Å². The third-order valence-corrected chi connectivity index (χ3v) is 7.12. The fourth-order valence-electron chi connectivity index (χ4n) is 4.14. The summed E-state index contributed by atoms with van der Waals surface area (Å²) in [6, 6.07) is 8.05. The molecule has 136 valence electrons. The number of aromatic nitrogens is 1. The molecule has 1 amide bonds. The lowest BCUT2D eigenvalue weighted by Gasteiger charge is -2.57. The fraction of sp³-hybridized carbons (Fsp3) is 0.421. The fourth-order valence-corrected chi connectivity index (χ4v) is 5.24. The van der Waals surface area contributed by atoms with E-state index in [1.807, 2.05) is 24.3 Å². The number of nitrogens with zero attached hydrogens (tertiary/aromatic N) is 1. The third kappa shape index (κ3) is 3.07. The SMILES string of the molecule is O=C(O)C1(C(=O)Nc2ncc(Cc3ccc(Br)cc3)s2)CC2(CCC2)C1. The summed E-state index contributed by atoms with van der Waals surface area (Å²) in [5.74, 6) is -1.44. The van der Waals surface area contributed by atoms with Gasteiger partial charge in [-0.1, -0.05) is 34.5 Å². The maximum atomic E-state index is 12.7. The smallest absolute Gasteiger partial charge is 0.319 e. The number of anilines is 1. The van der Waals surface area contributed by atoms with Crippen molar-refractivity contribution in [2.24, 2.45) is 10.8 Å². The molecule has 1 spiro atoms. The van der Waals surface area contributed by atoms with Gasteiger partial charge in [0.15, 0.2) is 5.13 Å². The number of hydrogen-bond donors (Lipinski definition) is 2. The van der Waals surface area contributed by atoms with Crippen LogP contribution in [0.4, 0.5) is 5.13 Å². The average Bonchev–Trinajstić information content (AvgIpc) is 2.94. The molecule has 0 saturated heterocycles. The van der Waals surface area contributed by atoms with Crippen molar-refractivity contribution >= 4 is 44.3 Å². The minimum absolute atomic E-state index is 0.103. The van der Waals surface area contributed by atoms with Gasteiger partial charge < -0.3 is 10.4 Å². The van der Waals surface area contributed by atoms with Gasteiger partial charge in [-0.2, -0.15) is 0 Å². The largest absolute Gasteiger partial charge is 0.480 e. The zero-order chi connectivity index (χ0) is 18.4. The number of hydrogen-bond acceptors (Lipinski definition) is 4. The first kappa shape index (κ1) is 17.7. The molecule has 2 fully saturated rings. The highest BCUT2D eigenvalue weighted by Gasteiger charge is 2.65. The highest BCUT2D eigenvalue weighted by molar-refractivity contribution is 9.10. The standard InChI is InChI=1S/C19H19BrN2O3S/c20-13-4-2-12(3-5-13)8-14-9-21-17(26-14)22-15(23)19(16(24)25)10-18(11-19)6-1-7-18/h2-5,9H,1,6-8,10-11H2,(H,24,25)(H,21,22,23). The van der Waals surface area contributed by atoms with Crippen LogP contribution >= 0.6 is 27.3 Å². The summed E-state index contributed by atoms with van der Waals surface area (Å²) < 4.78 is 1.03. The minimum atomic E-state index is -1.28.